The molecule has 0 radical (unpaired) electrons. The van der Waals surface area contributed by atoms with Crippen molar-refractivity contribution in [2.75, 3.05) is 26.2 Å². The monoisotopic (exact) mass is 424 g/mol. The number of hydrogen-bond donors (Lipinski definition) is 1. The van der Waals surface area contributed by atoms with Crippen LogP contribution in [0.25, 0.3) is 5.69 Å². The van der Waals surface area contributed by atoms with Crippen LogP contribution in [0.2, 0.25) is 5.02 Å². The molecule has 7 nitrogen and oxygen atoms in total. The predicted molar refractivity (Wildman–Crippen MR) is 117 cm³/mol. The van der Waals surface area contributed by atoms with Crippen LogP contribution >= 0.6 is 11.6 Å². The van der Waals surface area contributed by atoms with Crippen LogP contribution in [0, 0.1) is 0 Å². The molecular formula is C22H25ClN6O. The summed E-state index contributed by atoms with van der Waals surface area (Å²) in [5, 5.41) is 8.05. The van der Waals surface area contributed by atoms with Gasteiger partial charge in [0, 0.05) is 67.9 Å². The summed E-state index contributed by atoms with van der Waals surface area (Å²) in [6.45, 7) is 5.74. The largest absolute Gasteiger partial charge is 0.334 e. The van der Waals surface area contributed by atoms with Crippen LogP contribution in [0.1, 0.15) is 24.1 Å². The molecule has 3 heterocycles. The van der Waals surface area contributed by atoms with Crippen molar-refractivity contribution in [1.29, 1.82) is 0 Å². The van der Waals surface area contributed by atoms with Gasteiger partial charge in [-0.2, -0.15) is 5.10 Å². The molecule has 0 saturated carbocycles. The van der Waals surface area contributed by atoms with E-state index >= 15 is 0 Å². The highest BCUT2D eigenvalue weighted by atomic mass is 35.5. The Bertz CT molecular complexity index is 967. The van der Waals surface area contributed by atoms with Gasteiger partial charge in [0.1, 0.15) is 0 Å². The molecule has 1 saturated heterocycles. The second kappa shape index (κ2) is 9.28. The number of aromatic nitrogens is 3. The van der Waals surface area contributed by atoms with Crippen molar-refractivity contribution >= 4 is 17.6 Å². The molecule has 1 fully saturated rings. The van der Waals surface area contributed by atoms with E-state index in [0.717, 1.165) is 24.3 Å². The number of urea groups is 1. The quantitative estimate of drug-likeness (QED) is 0.680. The van der Waals surface area contributed by atoms with Gasteiger partial charge in [-0.1, -0.05) is 17.7 Å². The minimum absolute atomic E-state index is 0.0390. The zero-order valence-corrected chi connectivity index (χ0v) is 17.7. The molecule has 0 bridgehead atoms. The number of nitrogens with zero attached hydrogens (tertiary/aromatic N) is 5. The average molecular weight is 425 g/mol. The summed E-state index contributed by atoms with van der Waals surface area (Å²) in [6, 6.07) is 11.8. The van der Waals surface area contributed by atoms with Crippen molar-refractivity contribution in [3.05, 3.63) is 77.3 Å². The van der Waals surface area contributed by atoms with Gasteiger partial charge in [0.15, 0.2) is 0 Å². The van der Waals surface area contributed by atoms with Crippen LogP contribution in [-0.2, 0) is 6.54 Å². The van der Waals surface area contributed by atoms with Crippen LogP contribution in [0.4, 0.5) is 4.79 Å². The summed E-state index contributed by atoms with van der Waals surface area (Å²) >= 11 is 5.93. The van der Waals surface area contributed by atoms with Gasteiger partial charge < -0.3 is 10.2 Å². The molecule has 1 aliphatic heterocycles. The number of benzene rings is 1. The molecule has 1 atom stereocenters. The summed E-state index contributed by atoms with van der Waals surface area (Å²) in [6.07, 6.45) is 7.38. The Morgan fingerprint density at radius 3 is 2.60 bits per heavy atom. The molecule has 1 aliphatic rings. The molecule has 1 aromatic carbocycles. The minimum atomic E-state index is -0.0390. The number of pyridine rings is 1. The minimum Gasteiger partial charge on any atom is -0.334 e. The maximum Gasteiger partial charge on any atom is 0.317 e. The van der Waals surface area contributed by atoms with E-state index in [1.165, 1.54) is 5.56 Å². The first kappa shape index (κ1) is 20.4. The normalized spacial score (nSPS) is 15.7. The van der Waals surface area contributed by atoms with Crippen LogP contribution < -0.4 is 5.32 Å². The molecule has 2 aromatic heterocycles. The second-order valence-corrected chi connectivity index (χ2v) is 7.85. The van der Waals surface area contributed by atoms with E-state index in [-0.39, 0.29) is 6.03 Å². The van der Waals surface area contributed by atoms with Gasteiger partial charge in [0.05, 0.1) is 11.9 Å². The topological polar surface area (TPSA) is 66.3 Å². The second-order valence-electron chi connectivity index (χ2n) is 7.41. The van der Waals surface area contributed by atoms with Crippen molar-refractivity contribution in [3.63, 3.8) is 0 Å². The molecule has 1 unspecified atom stereocenters. The molecule has 3 aromatic rings. The van der Waals surface area contributed by atoms with Gasteiger partial charge in [-0.25, -0.2) is 9.48 Å². The number of hydrogen-bond acceptors (Lipinski definition) is 4. The Labute approximate surface area is 181 Å². The SMILES string of the molecule is CC(c1cccnc1)N1CCN(C(=O)NCc2cnn(-c3ccc(Cl)cc3)c2)CC1. The Balaban J connectivity index is 1.26. The lowest BCUT2D eigenvalue weighted by molar-refractivity contribution is 0.113. The molecule has 156 valence electrons. The average Bonchev–Trinajstić information content (AvgIpc) is 3.27. The van der Waals surface area contributed by atoms with Gasteiger partial charge in [0.25, 0.3) is 0 Å². The molecule has 8 heteroatoms. The number of rotatable bonds is 5. The molecule has 4 rings (SSSR count). The fraction of sp³-hybridized carbons (Fsp3) is 0.318. The highest BCUT2D eigenvalue weighted by Gasteiger charge is 2.24. The molecule has 0 spiro atoms. The summed E-state index contributed by atoms with van der Waals surface area (Å²) in [5.74, 6) is 0. The van der Waals surface area contributed by atoms with E-state index in [1.54, 1.807) is 17.1 Å². The van der Waals surface area contributed by atoms with E-state index in [2.05, 4.69) is 33.3 Å². The fourth-order valence-corrected chi connectivity index (χ4v) is 3.75. The zero-order valence-electron chi connectivity index (χ0n) is 16.9. The summed E-state index contributed by atoms with van der Waals surface area (Å²) in [4.78, 5) is 21.0. The Morgan fingerprint density at radius 2 is 1.90 bits per heavy atom. The van der Waals surface area contributed by atoms with Gasteiger partial charge >= 0.3 is 6.03 Å². The zero-order chi connectivity index (χ0) is 20.9. The Kier molecular flexibility index (Phi) is 6.30. The summed E-state index contributed by atoms with van der Waals surface area (Å²) < 4.78 is 1.77. The van der Waals surface area contributed by atoms with Gasteiger partial charge in [-0.15, -0.1) is 0 Å². The van der Waals surface area contributed by atoms with Crippen molar-refractivity contribution in [2.24, 2.45) is 0 Å². The third-order valence-electron chi connectivity index (χ3n) is 5.49. The smallest absolute Gasteiger partial charge is 0.317 e. The van der Waals surface area contributed by atoms with E-state index in [0.29, 0.717) is 30.7 Å². The van der Waals surface area contributed by atoms with Crippen molar-refractivity contribution in [1.82, 2.24) is 29.9 Å². The number of carbonyl (C=O) groups excluding carboxylic acids is 1. The summed E-state index contributed by atoms with van der Waals surface area (Å²) in [5.41, 5.74) is 3.08. The predicted octanol–water partition coefficient (Wildman–Crippen LogP) is 3.51. The molecule has 30 heavy (non-hydrogen) atoms. The lowest BCUT2D eigenvalue weighted by atomic mass is 10.1. The van der Waals surface area contributed by atoms with Crippen LogP contribution in [0.15, 0.2) is 61.2 Å². The van der Waals surface area contributed by atoms with Gasteiger partial charge in [-0.3, -0.25) is 9.88 Å². The first-order valence-corrected chi connectivity index (χ1v) is 10.4. The number of piperazine rings is 1. The number of halogens is 1. The lowest BCUT2D eigenvalue weighted by Gasteiger charge is -2.38. The fourth-order valence-electron chi connectivity index (χ4n) is 3.62. The van der Waals surface area contributed by atoms with E-state index in [1.807, 2.05) is 47.6 Å². The van der Waals surface area contributed by atoms with Crippen molar-refractivity contribution < 1.29 is 4.79 Å². The third kappa shape index (κ3) is 4.80. The Morgan fingerprint density at radius 1 is 1.13 bits per heavy atom. The number of amides is 2. The maximum atomic E-state index is 12.6. The first-order chi connectivity index (χ1) is 14.6. The standard InChI is InChI=1S/C22H25ClN6O/c1-17(19-3-2-8-24-15-19)27-9-11-28(12-10-27)22(30)25-13-18-14-26-29(16-18)21-6-4-20(23)5-7-21/h2-8,14-17H,9-13H2,1H3,(H,25,30). The van der Waals surface area contributed by atoms with Crippen molar-refractivity contribution in [3.8, 4) is 5.69 Å². The van der Waals surface area contributed by atoms with E-state index < -0.39 is 0 Å². The van der Waals surface area contributed by atoms with Gasteiger partial charge in [-0.05, 0) is 42.8 Å². The third-order valence-corrected chi connectivity index (χ3v) is 5.74. The van der Waals surface area contributed by atoms with E-state index in [9.17, 15) is 4.79 Å². The van der Waals surface area contributed by atoms with Crippen LogP contribution in [0.5, 0.6) is 0 Å². The number of carbonyl (C=O) groups is 1. The van der Waals surface area contributed by atoms with Crippen molar-refractivity contribution in [2.45, 2.75) is 19.5 Å². The Hall–Kier alpha value is -2.90. The summed E-state index contributed by atoms with van der Waals surface area (Å²) in [7, 11) is 0. The highest BCUT2D eigenvalue weighted by Crippen LogP contribution is 2.20. The highest BCUT2D eigenvalue weighted by molar-refractivity contribution is 6.30. The lowest BCUT2D eigenvalue weighted by Crippen LogP contribution is -2.52. The maximum absolute atomic E-state index is 12.6. The van der Waals surface area contributed by atoms with E-state index in [4.69, 9.17) is 11.6 Å². The first-order valence-electron chi connectivity index (χ1n) is 10.1. The molecule has 2 amide bonds. The molecule has 0 aliphatic carbocycles. The van der Waals surface area contributed by atoms with Crippen LogP contribution in [0.3, 0.4) is 0 Å². The number of nitrogens with one attached hydrogen (secondary N) is 1. The molecular weight excluding hydrogens is 400 g/mol. The van der Waals surface area contributed by atoms with Gasteiger partial charge in [0.2, 0.25) is 0 Å². The van der Waals surface area contributed by atoms with Crippen LogP contribution in [-0.4, -0.2) is 56.8 Å². The molecule has 1 N–H and O–H groups in total.